The first kappa shape index (κ1) is 57.2. The third-order valence-electron chi connectivity index (χ3n) is 10.3. The molecular weight excluding hydrogens is 819 g/mol. The van der Waals surface area contributed by atoms with E-state index in [1.54, 1.807) is 12.2 Å². The van der Waals surface area contributed by atoms with E-state index in [9.17, 15) is 49.4 Å². The summed E-state index contributed by atoms with van der Waals surface area (Å²) in [5.41, 5.74) is 0. The van der Waals surface area contributed by atoms with Crippen molar-refractivity contribution in [2.45, 2.75) is 204 Å². The molecule has 1 aliphatic carbocycles. The van der Waals surface area contributed by atoms with E-state index in [1.807, 2.05) is 6.08 Å². The van der Waals surface area contributed by atoms with Gasteiger partial charge in [0.2, 0.25) is 0 Å². The Morgan fingerprint density at radius 2 is 1.02 bits per heavy atom. The summed E-state index contributed by atoms with van der Waals surface area (Å²) in [6.45, 7) is 3.09. The molecule has 0 amide bonds. The summed E-state index contributed by atoms with van der Waals surface area (Å²) in [6.07, 6.45) is 26.6. The number of phosphoric acid groups is 1. The van der Waals surface area contributed by atoms with E-state index in [2.05, 4.69) is 56.4 Å². The number of carbonyl (C=O) groups is 3. The van der Waals surface area contributed by atoms with Gasteiger partial charge in [-0.05, 0) is 76.7 Å². The van der Waals surface area contributed by atoms with E-state index in [1.165, 1.54) is 32.1 Å². The van der Waals surface area contributed by atoms with E-state index in [0.717, 1.165) is 83.5 Å². The van der Waals surface area contributed by atoms with Crippen LogP contribution in [0.3, 0.4) is 0 Å². The lowest BCUT2D eigenvalue weighted by Gasteiger charge is -2.41. The maximum Gasteiger partial charge on any atom is 0.472 e. The fourth-order valence-corrected chi connectivity index (χ4v) is 7.48. The number of unbranched alkanes of at least 4 members (excludes halogenated alkanes) is 14. The lowest BCUT2D eigenvalue weighted by molar-refractivity contribution is -0.220. The molecule has 0 saturated heterocycles. The monoisotopic (exact) mass is 899 g/mol. The molecule has 0 aromatic rings. The van der Waals surface area contributed by atoms with Gasteiger partial charge in [-0.2, -0.15) is 0 Å². The van der Waals surface area contributed by atoms with Crippen molar-refractivity contribution in [2.24, 2.45) is 0 Å². The average molecular weight is 899 g/mol. The number of hydrogen-bond donors (Lipinski definition) is 6. The van der Waals surface area contributed by atoms with Crippen LogP contribution in [-0.4, -0.2) is 104 Å². The maximum absolute atomic E-state index is 12.8. The zero-order valence-corrected chi connectivity index (χ0v) is 38.3. The fraction of sp³-hybridized carbons (Fsp3) is 0.723. The number of aliphatic hydroxyl groups excluding tert-OH is 5. The summed E-state index contributed by atoms with van der Waals surface area (Å²) in [5.74, 6) is -1.15. The highest BCUT2D eigenvalue weighted by Gasteiger charge is 2.51. The summed E-state index contributed by atoms with van der Waals surface area (Å²) in [4.78, 5) is 47.7. The van der Waals surface area contributed by atoms with Gasteiger partial charge in [0.1, 0.15) is 43.2 Å². The second-order valence-electron chi connectivity index (χ2n) is 15.9. The Bertz CT molecular complexity index is 1380. The van der Waals surface area contributed by atoms with Crippen molar-refractivity contribution < 1.29 is 67.9 Å². The summed E-state index contributed by atoms with van der Waals surface area (Å²) in [6, 6.07) is 0. The first-order chi connectivity index (χ1) is 29.8. The SMILES string of the molecule is CCCCC/C=C\C=C\C(=O)CCCCCCCC(=O)OC[C@H](COP(=O)(O)OC1[C@H](O)[C@H](O)C(O)[C@H](O)[C@H]1O)OC(=O)CCCCCC/C=C\C/C=C\C/C=C\CCCCC. The molecule has 14 nitrogen and oxygen atoms in total. The van der Waals surface area contributed by atoms with Crippen molar-refractivity contribution in [1.82, 2.24) is 0 Å². The van der Waals surface area contributed by atoms with Crippen LogP contribution >= 0.6 is 7.82 Å². The van der Waals surface area contributed by atoms with Gasteiger partial charge in [-0.25, -0.2) is 4.57 Å². The number of phosphoric ester groups is 1. The van der Waals surface area contributed by atoms with Gasteiger partial charge in [-0.1, -0.05) is 126 Å². The average Bonchev–Trinajstić information content (AvgIpc) is 3.25. The highest BCUT2D eigenvalue weighted by Crippen LogP contribution is 2.47. The van der Waals surface area contributed by atoms with Crippen molar-refractivity contribution in [3.8, 4) is 0 Å². The van der Waals surface area contributed by atoms with Gasteiger partial charge in [0.15, 0.2) is 11.9 Å². The van der Waals surface area contributed by atoms with Crippen LogP contribution in [0.2, 0.25) is 0 Å². The zero-order chi connectivity index (χ0) is 45.9. The van der Waals surface area contributed by atoms with Crippen molar-refractivity contribution in [3.05, 3.63) is 60.8 Å². The third-order valence-corrected chi connectivity index (χ3v) is 11.3. The van der Waals surface area contributed by atoms with Crippen LogP contribution in [0.15, 0.2) is 60.8 Å². The Labute approximate surface area is 370 Å². The van der Waals surface area contributed by atoms with Crippen LogP contribution in [0.5, 0.6) is 0 Å². The molecule has 15 heteroatoms. The zero-order valence-electron chi connectivity index (χ0n) is 37.4. The van der Waals surface area contributed by atoms with Crippen LogP contribution in [0, 0.1) is 0 Å². The summed E-state index contributed by atoms with van der Waals surface area (Å²) in [5, 5.41) is 50.1. The van der Waals surface area contributed by atoms with E-state index < -0.39 is 75.7 Å². The van der Waals surface area contributed by atoms with Crippen molar-refractivity contribution in [3.63, 3.8) is 0 Å². The van der Waals surface area contributed by atoms with Gasteiger partial charge in [0.05, 0.1) is 6.61 Å². The van der Waals surface area contributed by atoms with Gasteiger partial charge in [0, 0.05) is 19.3 Å². The molecule has 1 saturated carbocycles. The molecule has 0 radical (unpaired) electrons. The normalized spacial score (nSPS) is 22.3. The number of ketones is 1. The molecule has 0 heterocycles. The van der Waals surface area contributed by atoms with Crippen molar-refractivity contribution in [2.75, 3.05) is 13.2 Å². The Kier molecular flexibility index (Phi) is 33.7. The number of hydrogen-bond acceptors (Lipinski definition) is 13. The lowest BCUT2D eigenvalue weighted by atomic mass is 9.85. The molecule has 3 unspecified atom stereocenters. The molecular formula is C47H79O14P. The minimum atomic E-state index is -5.15. The number of esters is 2. The predicted molar refractivity (Wildman–Crippen MR) is 240 cm³/mol. The largest absolute Gasteiger partial charge is 0.472 e. The molecule has 356 valence electrons. The maximum atomic E-state index is 12.8. The molecule has 8 atom stereocenters. The van der Waals surface area contributed by atoms with Crippen LogP contribution in [-0.2, 0) is 37.5 Å². The minimum absolute atomic E-state index is 0.0437. The molecule has 0 aromatic heterocycles. The van der Waals surface area contributed by atoms with Crippen LogP contribution in [0.4, 0.5) is 0 Å². The molecule has 0 spiro atoms. The van der Waals surface area contributed by atoms with Gasteiger partial charge in [0.25, 0.3) is 0 Å². The topological polar surface area (TPSA) is 227 Å². The van der Waals surface area contributed by atoms with Gasteiger partial charge in [-0.3, -0.25) is 23.4 Å². The summed E-state index contributed by atoms with van der Waals surface area (Å²) >= 11 is 0. The van der Waals surface area contributed by atoms with Crippen LogP contribution < -0.4 is 0 Å². The van der Waals surface area contributed by atoms with Crippen molar-refractivity contribution >= 4 is 25.5 Å². The second kappa shape index (κ2) is 36.5. The van der Waals surface area contributed by atoms with Crippen LogP contribution in [0.1, 0.15) is 162 Å². The number of allylic oxidation sites excluding steroid dienone is 10. The molecule has 0 bridgehead atoms. The van der Waals surface area contributed by atoms with Gasteiger partial charge < -0.3 is 39.9 Å². The highest BCUT2D eigenvalue weighted by molar-refractivity contribution is 7.47. The standard InChI is InChI=1S/C47H79O14P/c1-3-5-7-9-11-12-13-14-15-16-17-18-19-20-22-26-31-35-41(50)60-39(37-59-62(56,57)61-47-45(54)43(52)42(51)44(53)46(47)55)36-58-40(49)34-30-27-23-25-29-33-38(48)32-28-24-21-10-8-6-4-2/h11-12,14-15,17-18,21,24,28,32,39,42-47,51-55H,3-10,13,16,19-20,22-23,25-27,29-31,33-37H2,1-2H3,(H,56,57)/b12-11-,15-14-,18-17-,24-21-,32-28+/t39-,42?,43-,44+,45-,46-,47?/m1/s1. The lowest BCUT2D eigenvalue weighted by Crippen LogP contribution is -2.64. The van der Waals surface area contributed by atoms with Gasteiger partial charge in [-0.15, -0.1) is 0 Å². The fourth-order valence-electron chi connectivity index (χ4n) is 6.51. The third kappa shape index (κ3) is 28.8. The Hall–Kier alpha value is -2.78. The Morgan fingerprint density at radius 1 is 0.548 bits per heavy atom. The number of ether oxygens (including phenoxy) is 2. The molecule has 6 N–H and O–H groups in total. The smallest absolute Gasteiger partial charge is 0.462 e. The molecule has 0 aromatic carbocycles. The molecule has 62 heavy (non-hydrogen) atoms. The summed E-state index contributed by atoms with van der Waals surface area (Å²) in [7, 11) is -5.15. The van der Waals surface area contributed by atoms with Crippen molar-refractivity contribution in [1.29, 1.82) is 0 Å². The second-order valence-corrected chi connectivity index (χ2v) is 17.3. The minimum Gasteiger partial charge on any atom is -0.462 e. The number of carbonyl (C=O) groups excluding carboxylic acids is 3. The molecule has 1 fully saturated rings. The Morgan fingerprint density at radius 3 is 1.60 bits per heavy atom. The van der Waals surface area contributed by atoms with E-state index in [-0.39, 0.29) is 18.6 Å². The molecule has 1 rings (SSSR count). The Balaban J connectivity index is 2.53. The summed E-state index contributed by atoms with van der Waals surface area (Å²) < 4.78 is 33.4. The molecule has 1 aliphatic rings. The van der Waals surface area contributed by atoms with E-state index in [0.29, 0.717) is 19.3 Å². The number of rotatable bonds is 37. The van der Waals surface area contributed by atoms with Gasteiger partial charge >= 0.3 is 19.8 Å². The molecule has 0 aliphatic heterocycles. The number of aliphatic hydroxyl groups is 5. The first-order valence-electron chi connectivity index (χ1n) is 23.0. The van der Waals surface area contributed by atoms with Crippen LogP contribution in [0.25, 0.3) is 0 Å². The quantitative estimate of drug-likeness (QED) is 0.00865. The highest BCUT2D eigenvalue weighted by atomic mass is 31.2. The first-order valence-corrected chi connectivity index (χ1v) is 24.5. The van der Waals surface area contributed by atoms with E-state index in [4.69, 9.17) is 18.5 Å². The predicted octanol–water partition coefficient (Wildman–Crippen LogP) is 8.12. The van der Waals surface area contributed by atoms with E-state index >= 15 is 0 Å².